The van der Waals surface area contributed by atoms with Gasteiger partial charge in [-0.2, -0.15) is 4.98 Å². The van der Waals surface area contributed by atoms with E-state index in [1.54, 1.807) is 12.4 Å². The molecule has 0 spiro atoms. The highest BCUT2D eigenvalue weighted by molar-refractivity contribution is 5.65. The largest absolute Gasteiger partial charge is 0.374 e. The highest BCUT2D eigenvalue weighted by atomic mass is 19.1. The van der Waals surface area contributed by atoms with Crippen LogP contribution in [-0.2, 0) is 4.74 Å². The van der Waals surface area contributed by atoms with Gasteiger partial charge in [-0.05, 0) is 6.42 Å². The molecule has 5 heterocycles. The van der Waals surface area contributed by atoms with E-state index in [-0.39, 0.29) is 12.1 Å². The fourth-order valence-electron chi connectivity index (χ4n) is 3.60. The van der Waals surface area contributed by atoms with E-state index in [2.05, 4.69) is 24.8 Å². The average Bonchev–Trinajstić information content (AvgIpc) is 3.22. The van der Waals surface area contributed by atoms with Gasteiger partial charge in [-0.3, -0.25) is 0 Å². The van der Waals surface area contributed by atoms with Crippen LogP contribution in [0.15, 0.2) is 18.5 Å². The maximum atomic E-state index is 13.3. The lowest BCUT2D eigenvalue weighted by atomic mass is 10.2. The van der Waals surface area contributed by atoms with Crippen LogP contribution in [0.25, 0.3) is 11.3 Å². The van der Waals surface area contributed by atoms with E-state index >= 15 is 0 Å². The molecule has 5 rings (SSSR count). The molecular formula is C16H18FN7O. The van der Waals surface area contributed by atoms with E-state index < -0.39 is 6.17 Å². The first kappa shape index (κ1) is 14.8. The van der Waals surface area contributed by atoms with Gasteiger partial charge in [0, 0.05) is 30.6 Å². The van der Waals surface area contributed by atoms with Gasteiger partial charge >= 0.3 is 0 Å². The van der Waals surface area contributed by atoms with Gasteiger partial charge in [-0.1, -0.05) is 0 Å². The van der Waals surface area contributed by atoms with Gasteiger partial charge in [0.1, 0.15) is 12.0 Å². The first-order valence-electron chi connectivity index (χ1n) is 8.40. The standard InChI is InChI=1S/C16H18FN7O/c17-10-5-23(6-10)16-21-13(9-3-19-15(18)20-4-9)2-14(22-16)24-7-12-1-11(24)8-25-12/h2-4,10-12H,1,5-8H2,(H2,18,19,20)/t11-,12-/m0/s1. The molecule has 3 aliphatic rings. The number of nitrogens with zero attached hydrogens (tertiary/aromatic N) is 6. The van der Waals surface area contributed by atoms with Gasteiger partial charge in [-0.15, -0.1) is 0 Å². The third-order valence-electron chi connectivity index (χ3n) is 4.98. The van der Waals surface area contributed by atoms with Crippen molar-refractivity contribution in [2.45, 2.75) is 24.7 Å². The topological polar surface area (TPSA) is 93.3 Å². The predicted molar refractivity (Wildman–Crippen MR) is 90.1 cm³/mol. The third kappa shape index (κ3) is 2.55. The molecule has 9 heteroatoms. The first-order valence-corrected chi connectivity index (χ1v) is 8.40. The minimum absolute atomic E-state index is 0.218. The molecule has 8 nitrogen and oxygen atoms in total. The molecule has 2 atom stereocenters. The Morgan fingerprint density at radius 1 is 1.16 bits per heavy atom. The van der Waals surface area contributed by atoms with Gasteiger partial charge in [0.15, 0.2) is 0 Å². The lowest BCUT2D eigenvalue weighted by Crippen LogP contribution is -2.49. The molecule has 3 aliphatic heterocycles. The van der Waals surface area contributed by atoms with E-state index in [1.165, 1.54) is 0 Å². The van der Waals surface area contributed by atoms with Gasteiger partial charge < -0.3 is 20.3 Å². The molecule has 2 aromatic heterocycles. The number of hydrogen-bond donors (Lipinski definition) is 1. The number of alkyl halides is 1. The normalized spacial score (nSPS) is 25.5. The van der Waals surface area contributed by atoms with E-state index in [0.29, 0.717) is 30.8 Å². The van der Waals surface area contributed by atoms with Crippen molar-refractivity contribution in [3.05, 3.63) is 18.5 Å². The molecule has 2 N–H and O–H groups in total. The molecule has 2 bridgehead atoms. The summed E-state index contributed by atoms with van der Waals surface area (Å²) in [4.78, 5) is 21.5. The van der Waals surface area contributed by atoms with Crippen LogP contribution in [0.2, 0.25) is 0 Å². The minimum Gasteiger partial charge on any atom is -0.374 e. The predicted octanol–water partition coefficient (Wildman–Crippen LogP) is 0.651. The summed E-state index contributed by atoms with van der Waals surface area (Å²) in [6.07, 6.45) is 3.77. The van der Waals surface area contributed by atoms with E-state index in [9.17, 15) is 4.39 Å². The van der Waals surface area contributed by atoms with Crippen LogP contribution in [0.1, 0.15) is 6.42 Å². The lowest BCUT2D eigenvalue weighted by molar-refractivity contribution is 0.0989. The smallest absolute Gasteiger partial charge is 0.228 e. The summed E-state index contributed by atoms with van der Waals surface area (Å²) >= 11 is 0. The van der Waals surface area contributed by atoms with Crippen LogP contribution in [0, 0.1) is 0 Å². The monoisotopic (exact) mass is 343 g/mol. The Labute approximate surface area is 143 Å². The zero-order valence-corrected chi connectivity index (χ0v) is 13.5. The zero-order valence-electron chi connectivity index (χ0n) is 13.5. The van der Waals surface area contributed by atoms with Crippen LogP contribution in [0.4, 0.5) is 22.1 Å². The van der Waals surface area contributed by atoms with E-state index in [1.807, 2.05) is 11.0 Å². The number of rotatable bonds is 3. The summed E-state index contributed by atoms with van der Waals surface area (Å²) in [5.74, 6) is 1.60. The molecule has 25 heavy (non-hydrogen) atoms. The molecule has 0 unspecified atom stereocenters. The number of anilines is 3. The summed E-state index contributed by atoms with van der Waals surface area (Å²) in [5, 5.41) is 0. The van der Waals surface area contributed by atoms with Crippen LogP contribution in [0.3, 0.4) is 0 Å². The van der Waals surface area contributed by atoms with Crippen LogP contribution in [-0.4, -0.2) is 64.5 Å². The summed E-state index contributed by atoms with van der Waals surface area (Å²) in [7, 11) is 0. The highest BCUT2D eigenvalue weighted by Crippen LogP contribution is 2.34. The molecule has 3 fully saturated rings. The Morgan fingerprint density at radius 3 is 2.60 bits per heavy atom. The molecular weight excluding hydrogens is 325 g/mol. The fraction of sp³-hybridized carbons (Fsp3) is 0.500. The highest BCUT2D eigenvalue weighted by Gasteiger charge is 2.40. The number of morpholine rings is 1. The van der Waals surface area contributed by atoms with Crippen molar-refractivity contribution in [1.29, 1.82) is 0 Å². The van der Waals surface area contributed by atoms with Crippen LogP contribution < -0.4 is 15.5 Å². The van der Waals surface area contributed by atoms with Crippen molar-refractivity contribution in [2.24, 2.45) is 0 Å². The summed E-state index contributed by atoms with van der Waals surface area (Å²) < 4.78 is 19.0. The van der Waals surface area contributed by atoms with Crippen LogP contribution in [0.5, 0.6) is 0 Å². The minimum atomic E-state index is -0.813. The van der Waals surface area contributed by atoms with E-state index in [0.717, 1.165) is 31.0 Å². The first-order chi connectivity index (χ1) is 12.2. The van der Waals surface area contributed by atoms with Gasteiger partial charge in [0.05, 0.1) is 37.5 Å². The molecule has 0 aromatic carbocycles. The Morgan fingerprint density at radius 2 is 1.96 bits per heavy atom. The number of hydrogen-bond acceptors (Lipinski definition) is 8. The number of nitrogen functional groups attached to an aromatic ring is 1. The number of nitrogens with two attached hydrogens (primary N) is 1. The van der Waals surface area contributed by atoms with Gasteiger partial charge in [0.25, 0.3) is 0 Å². The second kappa shape index (κ2) is 5.48. The fourth-order valence-corrected chi connectivity index (χ4v) is 3.60. The quantitative estimate of drug-likeness (QED) is 0.868. The van der Waals surface area contributed by atoms with Gasteiger partial charge in [-0.25, -0.2) is 19.3 Å². The number of halogens is 1. The maximum absolute atomic E-state index is 13.3. The Balaban J connectivity index is 1.54. The third-order valence-corrected chi connectivity index (χ3v) is 4.98. The Bertz CT molecular complexity index is 796. The number of ether oxygens (including phenoxy) is 1. The second-order valence-electron chi connectivity index (χ2n) is 6.74. The Hall–Kier alpha value is -2.55. The van der Waals surface area contributed by atoms with Crippen LogP contribution >= 0.6 is 0 Å². The molecule has 130 valence electrons. The number of aromatic nitrogens is 4. The molecule has 3 saturated heterocycles. The zero-order chi connectivity index (χ0) is 17.0. The summed E-state index contributed by atoms with van der Waals surface area (Å²) in [6, 6.07) is 2.28. The molecule has 0 radical (unpaired) electrons. The van der Waals surface area contributed by atoms with Crippen molar-refractivity contribution < 1.29 is 9.13 Å². The average molecular weight is 343 g/mol. The lowest BCUT2D eigenvalue weighted by Gasteiger charge is -2.35. The van der Waals surface area contributed by atoms with Crippen molar-refractivity contribution >= 4 is 17.7 Å². The van der Waals surface area contributed by atoms with Crippen molar-refractivity contribution in [3.8, 4) is 11.3 Å². The Kier molecular flexibility index (Phi) is 3.24. The summed E-state index contributed by atoms with van der Waals surface area (Å²) in [6.45, 7) is 2.21. The SMILES string of the molecule is Nc1ncc(-c2cc(N3C[C@@H]4C[C@H]3CO4)nc(N3CC(F)C3)n2)cn1. The van der Waals surface area contributed by atoms with Crippen molar-refractivity contribution in [2.75, 3.05) is 41.8 Å². The van der Waals surface area contributed by atoms with Crippen molar-refractivity contribution in [3.63, 3.8) is 0 Å². The van der Waals surface area contributed by atoms with E-state index in [4.69, 9.17) is 10.5 Å². The maximum Gasteiger partial charge on any atom is 0.228 e. The molecule has 0 saturated carbocycles. The molecule has 2 aromatic rings. The van der Waals surface area contributed by atoms with Crippen molar-refractivity contribution in [1.82, 2.24) is 19.9 Å². The molecule has 0 aliphatic carbocycles. The summed E-state index contributed by atoms with van der Waals surface area (Å²) in [5.41, 5.74) is 7.05. The second-order valence-corrected chi connectivity index (χ2v) is 6.74. The van der Waals surface area contributed by atoms with Gasteiger partial charge in [0.2, 0.25) is 11.9 Å². The number of fused-ring (bicyclic) bond motifs is 2. The molecule has 0 amide bonds.